The molecule has 0 aliphatic heterocycles. The fraction of sp³-hybridized carbons (Fsp3) is 0.357. The molecule has 5 N–H and O–H groups in total. The summed E-state index contributed by atoms with van der Waals surface area (Å²) < 4.78 is 1.15. The van der Waals surface area contributed by atoms with E-state index < -0.39 is 23.1 Å². The van der Waals surface area contributed by atoms with Gasteiger partial charge in [-0.15, -0.1) is 0 Å². The van der Waals surface area contributed by atoms with Gasteiger partial charge in [-0.1, -0.05) is 50.2 Å². The third-order valence-electron chi connectivity index (χ3n) is 5.97. The molecule has 0 saturated heterocycles. The van der Waals surface area contributed by atoms with E-state index in [1.807, 2.05) is 58.0 Å². The molecule has 0 aliphatic carbocycles. The van der Waals surface area contributed by atoms with Crippen molar-refractivity contribution in [3.8, 4) is 5.75 Å². The van der Waals surface area contributed by atoms with Crippen LogP contribution in [0.2, 0.25) is 0 Å². The molecule has 0 spiro atoms. The van der Waals surface area contributed by atoms with Crippen LogP contribution >= 0.6 is 0 Å². The predicted octanol–water partition coefficient (Wildman–Crippen LogP) is 2.70. The summed E-state index contributed by atoms with van der Waals surface area (Å²) >= 11 is 0. The van der Waals surface area contributed by atoms with E-state index in [1.54, 1.807) is 20.2 Å². The van der Waals surface area contributed by atoms with Gasteiger partial charge in [0, 0.05) is 20.1 Å². The maximum atomic E-state index is 13.7. The van der Waals surface area contributed by atoms with Crippen molar-refractivity contribution in [2.24, 2.45) is 5.92 Å². The molecule has 0 radical (unpaired) electrons. The smallest absolute Gasteiger partial charge is 0.291 e. The van der Waals surface area contributed by atoms with Gasteiger partial charge in [0.05, 0.1) is 17.8 Å². The normalized spacial score (nSPS) is 11.8. The summed E-state index contributed by atoms with van der Waals surface area (Å²) in [5.74, 6) is -1.39. The number of phenolic OH excluding ortho intramolecular Hbond substituents is 1. The van der Waals surface area contributed by atoms with E-state index in [9.17, 15) is 24.3 Å². The molecule has 208 valence electrons. The van der Waals surface area contributed by atoms with Crippen LogP contribution in [0.5, 0.6) is 5.75 Å². The van der Waals surface area contributed by atoms with Crippen molar-refractivity contribution < 1.29 is 14.7 Å². The molecular weight excluding hydrogens is 500 g/mol. The molecule has 0 fully saturated rings. The van der Waals surface area contributed by atoms with Crippen molar-refractivity contribution in [1.82, 2.24) is 20.0 Å². The first-order valence-electron chi connectivity index (χ1n) is 12.7. The number of nitrogens with zero attached hydrogens (tertiary/aromatic N) is 2. The van der Waals surface area contributed by atoms with Crippen LogP contribution in [0.1, 0.15) is 43.6 Å². The summed E-state index contributed by atoms with van der Waals surface area (Å²) in [6, 6.07) is 12.6. The minimum absolute atomic E-state index is 0.0188. The van der Waals surface area contributed by atoms with Gasteiger partial charge in [0.1, 0.15) is 17.4 Å². The minimum atomic E-state index is -0.839. The zero-order chi connectivity index (χ0) is 28.9. The maximum absolute atomic E-state index is 13.7. The summed E-state index contributed by atoms with van der Waals surface area (Å²) in [7, 11) is 3.11. The lowest BCUT2D eigenvalue weighted by Crippen LogP contribution is -2.47. The lowest BCUT2D eigenvalue weighted by molar-refractivity contribution is -0.123. The second kappa shape index (κ2) is 12.3. The van der Waals surface area contributed by atoms with Gasteiger partial charge in [-0.3, -0.25) is 24.3 Å². The number of carbonyl (C=O) groups excluding carboxylic acids is 2. The third kappa shape index (κ3) is 6.86. The molecule has 1 heterocycles. The van der Waals surface area contributed by atoms with E-state index >= 15 is 0 Å². The van der Waals surface area contributed by atoms with Crippen LogP contribution in [0.3, 0.4) is 0 Å². The van der Waals surface area contributed by atoms with Crippen LogP contribution in [0.25, 0.3) is 0 Å². The standard InChI is InChI=1S/C28H36N6O5/c1-16(2)21(25(36)29-17(3)4)31-22-23(30-20-14-10-13-19(24(20)35)27(38)33(5)6)28(39)34(32-26(22)37)15-18-11-8-7-9-12-18/h7-14,16-17,21,30-31,35H,15H2,1-6H3,(H,29,36)(H,32,37). The molecule has 11 heteroatoms. The summed E-state index contributed by atoms with van der Waals surface area (Å²) in [5.41, 5.74) is -0.738. The number of aromatic hydroxyl groups is 1. The number of nitrogens with one attached hydrogen (secondary N) is 4. The third-order valence-corrected chi connectivity index (χ3v) is 5.97. The monoisotopic (exact) mass is 536 g/mol. The van der Waals surface area contributed by atoms with Gasteiger partial charge >= 0.3 is 0 Å². The molecule has 3 rings (SSSR count). The number of amides is 2. The first-order chi connectivity index (χ1) is 18.4. The number of phenols is 1. The Kier molecular flexibility index (Phi) is 9.18. The maximum Gasteiger partial charge on any atom is 0.291 e. The molecule has 2 amide bonds. The summed E-state index contributed by atoms with van der Waals surface area (Å²) in [4.78, 5) is 53.9. The second-order valence-electron chi connectivity index (χ2n) is 10.1. The Balaban J connectivity index is 2.17. The van der Waals surface area contributed by atoms with Gasteiger partial charge in [-0.2, -0.15) is 0 Å². The molecule has 3 aromatic rings. The van der Waals surface area contributed by atoms with Gasteiger partial charge in [0.15, 0.2) is 5.75 Å². The molecule has 0 saturated carbocycles. The Morgan fingerprint density at radius 2 is 1.64 bits per heavy atom. The highest BCUT2D eigenvalue weighted by molar-refractivity contribution is 5.99. The predicted molar refractivity (Wildman–Crippen MR) is 152 cm³/mol. The van der Waals surface area contributed by atoms with E-state index in [0.717, 1.165) is 10.2 Å². The molecule has 2 aromatic carbocycles. The van der Waals surface area contributed by atoms with Crippen molar-refractivity contribution in [3.63, 3.8) is 0 Å². The number of hydrogen-bond donors (Lipinski definition) is 5. The second-order valence-corrected chi connectivity index (χ2v) is 10.1. The van der Waals surface area contributed by atoms with Crippen molar-refractivity contribution in [1.29, 1.82) is 0 Å². The van der Waals surface area contributed by atoms with Gasteiger partial charge in [-0.25, -0.2) is 4.68 Å². The molecule has 1 unspecified atom stereocenters. The number of anilines is 3. The molecule has 1 aromatic heterocycles. The average Bonchev–Trinajstić information content (AvgIpc) is 2.87. The number of para-hydroxylation sites is 1. The average molecular weight is 537 g/mol. The highest BCUT2D eigenvalue weighted by Crippen LogP contribution is 2.31. The lowest BCUT2D eigenvalue weighted by atomic mass is 10.0. The largest absolute Gasteiger partial charge is 0.505 e. The summed E-state index contributed by atoms with van der Waals surface area (Å²) in [6.45, 7) is 7.36. The Morgan fingerprint density at radius 1 is 0.974 bits per heavy atom. The van der Waals surface area contributed by atoms with Crippen LogP contribution < -0.4 is 27.1 Å². The molecule has 0 bridgehead atoms. The van der Waals surface area contributed by atoms with E-state index in [0.29, 0.717) is 0 Å². The SMILES string of the molecule is CC(C)NC(=O)C(Nc1c(Nc2cccc(C(=O)N(C)C)c2O)c(=O)n(Cc2ccccc2)[nH]c1=O)C(C)C. The van der Waals surface area contributed by atoms with E-state index in [4.69, 9.17) is 0 Å². The van der Waals surface area contributed by atoms with Crippen LogP contribution in [0.15, 0.2) is 58.1 Å². The summed E-state index contributed by atoms with van der Waals surface area (Å²) in [5, 5.41) is 22.1. The van der Waals surface area contributed by atoms with Gasteiger partial charge < -0.3 is 26.0 Å². The topological polar surface area (TPSA) is 149 Å². The lowest BCUT2D eigenvalue weighted by Gasteiger charge is -2.25. The molecule has 11 nitrogen and oxygen atoms in total. The Morgan fingerprint density at radius 3 is 2.23 bits per heavy atom. The van der Waals surface area contributed by atoms with Crippen molar-refractivity contribution in [2.45, 2.75) is 46.3 Å². The minimum Gasteiger partial charge on any atom is -0.505 e. The number of hydrogen-bond acceptors (Lipinski definition) is 7. The van der Waals surface area contributed by atoms with E-state index in [2.05, 4.69) is 21.0 Å². The van der Waals surface area contributed by atoms with Crippen LogP contribution in [-0.4, -0.2) is 57.8 Å². The Hall–Kier alpha value is -4.54. The zero-order valence-electron chi connectivity index (χ0n) is 23.0. The van der Waals surface area contributed by atoms with Crippen molar-refractivity contribution in [2.75, 3.05) is 24.7 Å². The van der Waals surface area contributed by atoms with Crippen LogP contribution in [0.4, 0.5) is 17.1 Å². The van der Waals surface area contributed by atoms with Crippen LogP contribution in [0, 0.1) is 5.92 Å². The number of carbonyl (C=O) groups is 2. The molecule has 1 atom stereocenters. The zero-order valence-corrected chi connectivity index (χ0v) is 23.0. The molecular formula is C28H36N6O5. The van der Waals surface area contributed by atoms with Crippen molar-refractivity contribution >= 4 is 28.9 Å². The Labute approximate surface area is 226 Å². The molecule has 39 heavy (non-hydrogen) atoms. The highest BCUT2D eigenvalue weighted by Gasteiger charge is 2.27. The summed E-state index contributed by atoms with van der Waals surface area (Å²) in [6.07, 6.45) is 0. The number of rotatable bonds is 10. The highest BCUT2D eigenvalue weighted by atomic mass is 16.3. The number of aromatic nitrogens is 2. The van der Waals surface area contributed by atoms with Crippen LogP contribution in [-0.2, 0) is 11.3 Å². The fourth-order valence-corrected chi connectivity index (χ4v) is 3.97. The number of benzene rings is 2. The first-order valence-corrected chi connectivity index (χ1v) is 12.7. The van der Waals surface area contributed by atoms with Gasteiger partial charge in [0.2, 0.25) is 5.91 Å². The van der Waals surface area contributed by atoms with E-state index in [1.165, 1.54) is 17.0 Å². The van der Waals surface area contributed by atoms with Crippen molar-refractivity contribution in [3.05, 3.63) is 80.4 Å². The number of H-pyrrole nitrogens is 1. The quantitative estimate of drug-likeness (QED) is 0.250. The number of aromatic amines is 1. The van der Waals surface area contributed by atoms with E-state index in [-0.39, 0.29) is 52.8 Å². The first kappa shape index (κ1) is 29.0. The molecule has 0 aliphatic rings. The fourth-order valence-electron chi connectivity index (χ4n) is 3.97. The van der Waals surface area contributed by atoms with Gasteiger partial charge in [0.25, 0.3) is 17.0 Å². The Bertz CT molecular complexity index is 1440. The van der Waals surface area contributed by atoms with Gasteiger partial charge in [-0.05, 0) is 37.5 Å².